The number of hydrogen-bond donors (Lipinski definition) is 2. The summed E-state index contributed by atoms with van der Waals surface area (Å²) in [6.07, 6.45) is 7.52. The third-order valence-corrected chi connectivity index (χ3v) is 3.48. The van der Waals surface area contributed by atoms with Crippen LogP contribution in [-0.2, 0) is 0 Å². The summed E-state index contributed by atoms with van der Waals surface area (Å²) < 4.78 is 6.39. The van der Waals surface area contributed by atoms with Gasteiger partial charge in [-0.25, -0.2) is 0 Å². The van der Waals surface area contributed by atoms with E-state index >= 15 is 0 Å². The van der Waals surface area contributed by atoms with Crippen LogP contribution in [0.15, 0.2) is 22.7 Å². The predicted octanol–water partition coefficient (Wildman–Crippen LogP) is 2.85. The van der Waals surface area contributed by atoms with Crippen LogP contribution in [0.5, 0.6) is 5.75 Å². The molecule has 4 heteroatoms. The second-order valence-electron chi connectivity index (χ2n) is 4.35. The lowest BCUT2D eigenvalue weighted by Gasteiger charge is -2.23. The van der Waals surface area contributed by atoms with Crippen LogP contribution in [0.4, 0.5) is 0 Å². The van der Waals surface area contributed by atoms with Gasteiger partial charge in [0.25, 0.3) is 0 Å². The minimum Gasteiger partial charge on any atom is -0.496 e. The molecule has 0 aliphatic rings. The molecule has 2 atom stereocenters. The average molecular weight is 325 g/mol. The molecule has 1 aromatic rings. The Morgan fingerprint density at radius 2 is 2.26 bits per heavy atom. The zero-order chi connectivity index (χ0) is 14.3. The van der Waals surface area contributed by atoms with E-state index in [0.717, 1.165) is 28.6 Å². The van der Waals surface area contributed by atoms with Gasteiger partial charge < -0.3 is 10.5 Å². The van der Waals surface area contributed by atoms with Crippen molar-refractivity contribution in [2.45, 2.75) is 31.8 Å². The van der Waals surface area contributed by atoms with Gasteiger partial charge in [-0.3, -0.25) is 5.32 Å². The van der Waals surface area contributed by atoms with E-state index < -0.39 is 0 Å². The highest BCUT2D eigenvalue weighted by atomic mass is 79.9. The van der Waals surface area contributed by atoms with Crippen molar-refractivity contribution in [2.75, 3.05) is 13.7 Å². The quantitative estimate of drug-likeness (QED) is 0.758. The Balaban J connectivity index is 2.96. The molecule has 0 fully saturated rings. The molecule has 104 valence electrons. The molecule has 2 unspecified atom stereocenters. The van der Waals surface area contributed by atoms with Gasteiger partial charge in [0.2, 0.25) is 0 Å². The van der Waals surface area contributed by atoms with E-state index in [1.807, 2.05) is 18.2 Å². The number of ether oxygens (including phenoxy) is 1. The molecule has 0 amide bonds. The van der Waals surface area contributed by atoms with E-state index in [4.69, 9.17) is 16.9 Å². The Morgan fingerprint density at radius 1 is 1.53 bits per heavy atom. The molecule has 0 aromatic heterocycles. The predicted molar refractivity (Wildman–Crippen MR) is 83.2 cm³/mol. The number of halogens is 1. The maximum absolute atomic E-state index is 5.88. The highest BCUT2D eigenvalue weighted by Gasteiger charge is 2.18. The van der Waals surface area contributed by atoms with Crippen LogP contribution in [0.25, 0.3) is 0 Å². The van der Waals surface area contributed by atoms with Gasteiger partial charge in [-0.15, -0.1) is 6.42 Å². The Morgan fingerprint density at radius 3 is 2.79 bits per heavy atom. The van der Waals surface area contributed by atoms with Crippen molar-refractivity contribution in [1.82, 2.24) is 5.32 Å². The maximum atomic E-state index is 5.88. The van der Waals surface area contributed by atoms with E-state index in [9.17, 15) is 0 Å². The summed E-state index contributed by atoms with van der Waals surface area (Å²) >= 11 is 3.47. The molecule has 3 nitrogen and oxygen atoms in total. The van der Waals surface area contributed by atoms with Crippen molar-refractivity contribution in [3.63, 3.8) is 0 Å². The van der Waals surface area contributed by atoms with Gasteiger partial charge in [0, 0.05) is 22.6 Å². The van der Waals surface area contributed by atoms with Crippen LogP contribution in [-0.4, -0.2) is 19.7 Å². The molecule has 0 saturated heterocycles. The first-order valence-corrected chi connectivity index (χ1v) is 7.21. The summed E-state index contributed by atoms with van der Waals surface area (Å²) in [6, 6.07) is 5.90. The van der Waals surface area contributed by atoms with Gasteiger partial charge in [-0.05, 0) is 24.6 Å². The Hall–Kier alpha value is -1.02. The lowest BCUT2D eigenvalue weighted by molar-refractivity contribution is 0.394. The fraction of sp³-hybridized carbons (Fsp3) is 0.467. The lowest BCUT2D eigenvalue weighted by atomic mass is 10.0. The van der Waals surface area contributed by atoms with Gasteiger partial charge in [0.05, 0.1) is 13.2 Å². The van der Waals surface area contributed by atoms with Gasteiger partial charge in [0.15, 0.2) is 0 Å². The SMILES string of the molecule is C#CC(CCC)NC(CN)c1cc(Br)ccc1OC. The molecule has 1 aromatic carbocycles. The number of nitrogens with one attached hydrogen (secondary N) is 1. The van der Waals surface area contributed by atoms with Crippen molar-refractivity contribution in [1.29, 1.82) is 0 Å². The van der Waals surface area contributed by atoms with E-state index in [2.05, 4.69) is 34.1 Å². The second-order valence-corrected chi connectivity index (χ2v) is 5.26. The molecule has 0 saturated carbocycles. The first-order chi connectivity index (χ1) is 9.15. The molecule has 1 rings (SSSR count). The molecular formula is C15H21BrN2O. The van der Waals surface area contributed by atoms with Crippen molar-refractivity contribution >= 4 is 15.9 Å². The molecule has 0 heterocycles. The number of rotatable bonds is 7. The summed E-state index contributed by atoms with van der Waals surface area (Å²) in [6.45, 7) is 2.58. The number of hydrogen-bond acceptors (Lipinski definition) is 3. The van der Waals surface area contributed by atoms with Crippen LogP contribution < -0.4 is 15.8 Å². The molecule has 0 spiro atoms. The molecule has 0 aliphatic carbocycles. The topological polar surface area (TPSA) is 47.3 Å². The normalized spacial score (nSPS) is 13.6. The molecular weight excluding hydrogens is 304 g/mol. The van der Waals surface area contributed by atoms with E-state index in [1.165, 1.54) is 0 Å². The summed E-state index contributed by atoms with van der Waals surface area (Å²) in [5.41, 5.74) is 6.90. The number of terminal acetylenes is 1. The van der Waals surface area contributed by atoms with Crippen LogP contribution >= 0.6 is 15.9 Å². The first-order valence-electron chi connectivity index (χ1n) is 6.41. The molecule has 19 heavy (non-hydrogen) atoms. The Bertz CT molecular complexity index is 442. The minimum absolute atomic E-state index is 0.0138. The zero-order valence-electron chi connectivity index (χ0n) is 11.4. The van der Waals surface area contributed by atoms with Gasteiger partial charge in [-0.1, -0.05) is 35.2 Å². The first kappa shape index (κ1) is 16.0. The van der Waals surface area contributed by atoms with Crippen LogP contribution in [0.1, 0.15) is 31.4 Å². The van der Waals surface area contributed by atoms with Crippen molar-refractivity contribution in [3.8, 4) is 18.1 Å². The minimum atomic E-state index is -0.0138. The fourth-order valence-electron chi connectivity index (χ4n) is 2.01. The smallest absolute Gasteiger partial charge is 0.123 e. The van der Waals surface area contributed by atoms with Crippen LogP contribution in [0, 0.1) is 12.3 Å². The highest BCUT2D eigenvalue weighted by Crippen LogP contribution is 2.28. The Labute approximate surface area is 124 Å². The Kier molecular flexibility index (Phi) is 6.93. The maximum Gasteiger partial charge on any atom is 0.123 e. The van der Waals surface area contributed by atoms with Crippen molar-refractivity contribution in [3.05, 3.63) is 28.2 Å². The molecule has 0 aliphatic heterocycles. The van der Waals surface area contributed by atoms with Crippen LogP contribution in [0.3, 0.4) is 0 Å². The average Bonchev–Trinajstić information content (AvgIpc) is 2.43. The van der Waals surface area contributed by atoms with Gasteiger partial charge in [-0.2, -0.15) is 0 Å². The highest BCUT2D eigenvalue weighted by molar-refractivity contribution is 9.10. The molecule has 3 N–H and O–H groups in total. The monoisotopic (exact) mass is 324 g/mol. The number of benzene rings is 1. The van der Waals surface area contributed by atoms with Crippen LogP contribution in [0.2, 0.25) is 0 Å². The number of methoxy groups -OCH3 is 1. The summed E-state index contributed by atoms with van der Waals surface area (Å²) in [5, 5.41) is 3.41. The van der Waals surface area contributed by atoms with E-state index in [1.54, 1.807) is 7.11 Å². The lowest BCUT2D eigenvalue weighted by Crippen LogP contribution is -2.36. The number of nitrogens with two attached hydrogens (primary N) is 1. The van der Waals surface area contributed by atoms with Crippen molar-refractivity contribution < 1.29 is 4.74 Å². The third kappa shape index (κ3) is 4.54. The largest absolute Gasteiger partial charge is 0.496 e. The standard InChI is InChI=1S/C15H21BrN2O/c1-4-6-12(5-2)18-14(10-17)13-9-11(16)7-8-15(13)19-3/h2,7-9,12,14,18H,4,6,10,17H2,1,3H3. The molecule has 0 radical (unpaired) electrons. The fourth-order valence-corrected chi connectivity index (χ4v) is 2.39. The summed E-state index contributed by atoms with van der Waals surface area (Å²) in [5.74, 6) is 3.59. The molecule has 0 bridgehead atoms. The third-order valence-electron chi connectivity index (χ3n) is 2.98. The van der Waals surface area contributed by atoms with E-state index in [-0.39, 0.29) is 12.1 Å². The van der Waals surface area contributed by atoms with Gasteiger partial charge >= 0.3 is 0 Å². The zero-order valence-corrected chi connectivity index (χ0v) is 13.0. The summed E-state index contributed by atoms with van der Waals surface area (Å²) in [4.78, 5) is 0. The van der Waals surface area contributed by atoms with Crippen molar-refractivity contribution in [2.24, 2.45) is 5.73 Å². The van der Waals surface area contributed by atoms with Gasteiger partial charge in [0.1, 0.15) is 5.75 Å². The summed E-state index contributed by atoms with van der Waals surface area (Å²) in [7, 11) is 1.66. The van der Waals surface area contributed by atoms with E-state index in [0.29, 0.717) is 6.54 Å². The second kappa shape index (κ2) is 8.21.